The summed E-state index contributed by atoms with van der Waals surface area (Å²) in [5.74, 6) is 0.471. The van der Waals surface area contributed by atoms with Crippen molar-refractivity contribution >= 4 is 11.9 Å². The quantitative estimate of drug-likeness (QED) is 0.904. The van der Waals surface area contributed by atoms with Gasteiger partial charge in [-0.3, -0.25) is 14.6 Å². The molecule has 1 fully saturated rings. The van der Waals surface area contributed by atoms with Crippen LogP contribution >= 0.6 is 0 Å². The van der Waals surface area contributed by atoms with Crippen LogP contribution < -0.4 is 4.74 Å². The number of carbonyl (C=O) groups excluding carboxylic acids is 1. The summed E-state index contributed by atoms with van der Waals surface area (Å²) in [5, 5.41) is 8.87. The second-order valence-corrected chi connectivity index (χ2v) is 6.13. The van der Waals surface area contributed by atoms with Crippen LogP contribution in [-0.4, -0.2) is 40.0 Å². The highest BCUT2D eigenvalue weighted by molar-refractivity contribution is 5.92. The summed E-state index contributed by atoms with van der Waals surface area (Å²) in [6, 6.07) is 12.7. The molecule has 2 heterocycles. The molecule has 0 saturated carbocycles. The fourth-order valence-corrected chi connectivity index (χ4v) is 2.97. The second-order valence-electron chi connectivity index (χ2n) is 6.13. The van der Waals surface area contributed by atoms with Crippen LogP contribution in [0.5, 0.6) is 11.5 Å². The number of aromatic nitrogens is 1. The fraction of sp³-hybridized carbons (Fsp3) is 0.316. The predicted molar refractivity (Wildman–Crippen MR) is 91.6 cm³/mol. The van der Waals surface area contributed by atoms with Crippen molar-refractivity contribution in [2.75, 3.05) is 13.1 Å². The molecule has 2 aromatic rings. The number of likely N-dealkylation sites (tertiary alicyclic amines) is 1. The Morgan fingerprint density at radius 3 is 2.52 bits per heavy atom. The van der Waals surface area contributed by atoms with Crippen LogP contribution in [0.15, 0.2) is 48.7 Å². The van der Waals surface area contributed by atoms with Crippen molar-refractivity contribution in [3.05, 3.63) is 54.4 Å². The lowest BCUT2D eigenvalue weighted by Crippen LogP contribution is -2.39. The number of benzene rings is 1. The molecule has 1 saturated heterocycles. The number of ether oxygens (including phenoxy) is 1. The van der Waals surface area contributed by atoms with E-state index in [4.69, 9.17) is 9.84 Å². The number of rotatable bonds is 5. The molecule has 0 atom stereocenters. The van der Waals surface area contributed by atoms with Crippen molar-refractivity contribution in [2.24, 2.45) is 5.92 Å². The molecule has 1 aromatic carbocycles. The Labute approximate surface area is 146 Å². The SMILES string of the molecule is O=C(O)CC1CCN(C(=O)c2cc(Oc3ccccc3)ccn2)CC1. The van der Waals surface area contributed by atoms with Gasteiger partial charge >= 0.3 is 5.97 Å². The lowest BCUT2D eigenvalue weighted by atomic mass is 9.93. The summed E-state index contributed by atoms with van der Waals surface area (Å²) >= 11 is 0. The number of carboxylic acids is 1. The van der Waals surface area contributed by atoms with E-state index in [1.165, 1.54) is 0 Å². The molecule has 1 aliphatic heterocycles. The third-order valence-corrected chi connectivity index (χ3v) is 4.29. The number of piperidine rings is 1. The minimum Gasteiger partial charge on any atom is -0.481 e. The first-order valence-corrected chi connectivity index (χ1v) is 8.32. The summed E-state index contributed by atoms with van der Waals surface area (Å²) in [5.41, 5.74) is 0.338. The van der Waals surface area contributed by atoms with Crippen molar-refractivity contribution in [1.82, 2.24) is 9.88 Å². The molecule has 1 N–H and O–H groups in total. The molecular formula is C19H20N2O4. The van der Waals surface area contributed by atoms with Crippen LogP contribution in [0.1, 0.15) is 29.8 Å². The highest BCUT2D eigenvalue weighted by Crippen LogP contribution is 2.24. The van der Waals surface area contributed by atoms with Crippen molar-refractivity contribution in [1.29, 1.82) is 0 Å². The van der Waals surface area contributed by atoms with E-state index in [1.807, 2.05) is 30.3 Å². The summed E-state index contributed by atoms with van der Waals surface area (Å²) in [6.07, 6.45) is 3.14. The van der Waals surface area contributed by atoms with E-state index in [2.05, 4.69) is 4.98 Å². The second kappa shape index (κ2) is 7.79. The van der Waals surface area contributed by atoms with E-state index >= 15 is 0 Å². The lowest BCUT2D eigenvalue weighted by Gasteiger charge is -2.31. The molecule has 6 heteroatoms. The first-order chi connectivity index (χ1) is 12.1. The predicted octanol–water partition coefficient (Wildman–Crippen LogP) is 3.20. The third kappa shape index (κ3) is 4.56. The van der Waals surface area contributed by atoms with E-state index in [0.29, 0.717) is 43.1 Å². The largest absolute Gasteiger partial charge is 0.481 e. The molecule has 6 nitrogen and oxygen atoms in total. The zero-order valence-corrected chi connectivity index (χ0v) is 13.8. The van der Waals surface area contributed by atoms with Gasteiger partial charge in [0.1, 0.15) is 17.2 Å². The zero-order valence-electron chi connectivity index (χ0n) is 13.8. The zero-order chi connectivity index (χ0) is 17.6. The van der Waals surface area contributed by atoms with E-state index in [-0.39, 0.29) is 18.2 Å². The number of hydrogen-bond donors (Lipinski definition) is 1. The van der Waals surface area contributed by atoms with Crippen LogP contribution in [0.4, 0.5) is 0 Å². The number of nitrogens with zero attached hydrogens (tertiary/aromatic N) is 2. The Morgan fingerprint density at radius 1 is 1.12 bits per heavy atom. The molecule has 3 rings (SSSR count). The fourth-order valence-electron chi connectivity index (χ4n) is 2.97. The van der Waals surface area contributed by atoms with Crippen molar-refractivity contribution in [3.63, 3.8) is 0 Å². The van der Waals surface area contributed by atoms with Crippen molar-refractivity contribution < 1.29 is 19.4 Å². The van der Waals surface area contributed by atoms with Gasteiger partial charge in [-0.1, -0.05) is 18.2 Å². The van der Waals surface area contributed by atoms with Crippen molar-refractivity contribution in [2.45, 2.75) is 19.3 Å². The van der Waals surface area contributed by atoms with E-state index in [1.54, 1.807) is 23.2 Å². The standard InChI is InChI=1S/C19H20N2O4/c22-18(23)12-14-7-10-21(11-8-14)19(24)17-13-16(6-9-20-17)25-15-4-2-1-3-5-15/h1-6,9,13-14H,7-8,10-12H2,(H,22,23). The van der Waals surface area contributed by atoms with Gasteiger partial charge in [0.15, 0.2) is 0 Å². The first-order valence-electron chi connectivity index (χ1n) is 8.32. The minimum atomic E-state index is -0.780. The Bertz CT molecular complexity index is 740. The summed E-state index contributed by atoms with van der Waals surface area (Å²) < 4.78 is 5.74. The number of amides is 1. The average Bonchev–Trinajstić information content (AvgIpc) is 2.62. The third-order valence-electron chi connectivity index (χ3n) is 4.29. The van der Waals surface area contributed by atoms with E-state index < -0.39 is 5.97 Å². The molecule has 0 aliphatic carbocycles. The maximum absolute atomic E-state index is 12.6. The van der Waals surface area contributed by atoms with Crippen molar-refractivity contribution in [3.8, 4) is 11.5 Å². The maximum atomic E-state index is 12.6. The van der Waals surface area contributed by atoms with Crippen LogP contribution in [-0.2, 0) is 4.79 Å². The molecule has 0 radical (unpaired) electrons. The number of hydrogen-bond acceptors (Lipinski definition) is 4. The van der Waals surface area contributed by atoms with Crippen LogP contribution in [0.3, 0.4) is 0 Å². The first kappa shape index (κ1) is 17.0. The van der Waals surface area contributed by atoms with Crippen LogP contribution in [0.25, 0.3) is 0 Å². The van der Waals surface area contributed by atoms with Gasteiger partial charge < -0.3 is 14.7 Å². The number of carbonyl (C=O) groups is 2. The molecule has 0 unspecified atom stereocenters. The molecule has 25 heavy (non-hydrogen) atoms. The van der Waals surface area contributed by atoms with Gasteiger partial charge in [-0.2, -0.15) is 0 Å². The number of para-hydroxylation sites is 1. The van der Waals surface area contributed by atoms with Gasteiger partial charge in [-0.15, -0.1) is 0 Å². The molecular weight excluding hydrogens is 320 g/mol. The van der Waals surface area contributed by atoms with Gasteiger partial charge in [0.05, 0.1) is 0 Å². The molecule has 1 aliphatic rings. The smallest absolute Gasteiger partial charge is 0.303 e. The van der Waals surface area contributed by atoms with Gasteiger partial charge in [-0.05, 0) is 37.0 Å². The summed E-state index contributed by atoms with van der Waals surface area (Å²) in [4.78, 5) is 29.3. The van der Waals surface area contributed by atoms with Gasteiger partial charge in [0, 0.05) is 31.8 Å². The maximum Gasteiger partial charge on any atom is 0.303 e. The van der Waals surface area contributed by atoms with E-state index in [0.717, 1.165) is 0 Å². The Kier molecular flexibility index (Phi) is 5.28. The topological polar surface area (TPSA) is 79.7 Å². The molecule has 130 valence electrons. The molecule has 0 spiro atoms. The Hall–Kier alpha value is -2.89. The Morgan fingerprint density at radius 2 is 1.84 bits per heavy atom. The van der Waals surface area contributed by atoms with E-state index in [9.17, 15) is 9.59 Å². The normalized spacial score (nSPS) is 15.0. The monoisotopic (exact) mass is 340 g/mol. The Balaban J connectivity index is 1.63. The highest BCUT2D eigenvalue weighted by atomic mass is 16.5. The highest BCUT2D eigenvalue weighted by Gasteiger charge is 2.25. The number of pyridine rings is 1. The van der Waals surface area contributed by atoms with Gasteiger partial charge in [0.2, 0.25) is 0 Å². The molecule has 1 aromatic heterocycles. The van der Waals surface area contributed by atoms with Crippen LogP contribution in [0, 0.1) is 5.92 Å². The van der Waals surface area contributed by atoms with Gasteiger partial charge in [0.25, 0.3) is 5.91 Å². The van der Waals surface area contributed by atoms with Crippen LogP contribution in [0.2, 0.25) is 0 Å². The number of carboxylic acid groups (broad SMARTS) is 1. The lowest BCUT2D eigenvalue weighted by molar-refractivity contribution is -0.138. The summed E-state index contributed by atoms with van der Waals surface area (Å²) in [6.45, 7) is 1.12. The molecule has 1 amide bonds. The minimum absolute atomic E-state index is 0.141. The number of aliphatic carboxylic acids is 1. The summed E-state index contributed by atoms with van der Waals surface area (Å²) in [7, 11) is 0. The molecule has 0 bridgehead atoms. The van der Waals surface area contributed by atoms with Gasteiger partial charge in [-0.25, -0.2) is 0 Å². The average molecular weight is 340 g/mol.